The lowest BCUT2D eigenvalue weighted by Crippen LogP contribution is -1.85. The molecule has 3 heteroatoms. The molecule has 0 aliphatic rings. The maximum atomic E-state index is 10.6. The van der Waals surface area contributed by atoms with Crippen LogP contribution in [0.3, 0.4) is 0 Å². The molecule has 0 saturated heterocycles. The minimum absolute atomic E-state index is 0.147. The Morgan fingerprint density at radius 1 is 1.73 bits per heavy atom. The van der Waals surface area contributed by atoms with Crippen molar-refractivity contribution in [3.8, 4) is 0 Å². The second-order valence-corrected chi connectivity index (χ2v) is 3.29. The van der Waals surface area contributed by atoms with Gasteiger partial charge in [0.1, 0.15) is 0 Å². The van der Waals surface area contributed by atoms with Gasteiger partial charge in [-0.15, -0.1) is 0 Å². The lowest BCUT2D eigenvalue weighted by atomic mass is 10.3. The minimum atomic E-state index is 0.147. The van der Waals surface area contributed by atoms with Crippen molar-refractivity contribution < 1.29 is 4.79 Å². The third-order valence-electron chi connectivity index (χ3n) is 1.16. The molecule has 11 heavy (non-hydrogen) atoms. The summed E-state index contributed by atoms with van der Waals surface area (Å²) in [4.78, 5) is 14.5. The molecule has 0 aliphatic heterocycles. The van der Waals surface area contributed by atoms with Gasteiger partial charge in [-0.1, -0.05) is 17.8 Å². The summed E-state index contributed by atoms with van der Waals surface area (Å²) in [6, 6.07) is 3.83. The Hall–Kier alpha value is -0.830. The van der Waals surface area contributed by atoms with E-state index in [1.54, 1.807) is 19.3 Å². The quantitative estimate of drug-likeness (QED) is 0.673. The van der Waals surface area contributed by atoms with Crippen molar-refractivity contribution in [1.82, 2.24) is 4.98 Å². The first-order chi connectivity index (χ1) is 5.29. The van der Waals surface area contributed by atoms with E-state index in [2.05, 4.69) is 4.98 Å². The van der Waals surface area contributed by atoms with Gasteiger partial charge in [0.05, 0.1) is 0 Å². The molecule has 1 heterocycles. The first-order valence-electron chi connectivity index (χ1n) is 3.31. The second-order valence-electron chi connectivity index (χ2n) is 2.14. The summed E-state index contributed by atoms with van der Waals surface area (Å²) in [6.07, 6.45) is 3.50. The van der Waals surface area contributed by atoms with E-state index < -0.39 is 0 Å². The maximum Gasteiger partial charge on any atom is 0.186 e. The third kappa shape index (κ3) is 3.18. The molecule has 0 radical (unpaired) electrons. The monoisotopic (exact) mass is 167 g/mol. The van der Waals surface area contributed by atoms with Crippen molar-refractivity contribution in [2.45, 2.75) is 12.7 Å². The Morgan fingerprint density at radius 2 is 2.55 bits per heavy atom. The highest BCUT2D eigenvalue weighted by Gasteiger charge is 1.95. The fourth-order valence-corrected chi connectivity index (χ4v) is 1.21. The van der Waals surface area contributed by atoms with E-state index in [0.717, 1.165) is 11.3 Å². The van der Waals surface area contributed by atoms with Crippen LogP contribution in [-0.2, 0) is 10.5 Å². The summed E-state index contributed by atoms with van der Waals surface area (Å²) in [6.45, 7) is 1.57. The number of pyridine rings is 1. The van der Waals surface area contributed by atoms with Crippen LogP contribution in [0, 0.1) is 0 Å². The summed E-state index contributed by atoms with van der Waals surface area (Å²) >= 11 is 1.31. The Labute approximate surface area is 70.0 Å². The van der Waals surface area contributed by atoms with Gasteiger partial charge in [0.25, 0.3) is 0 Å². The maximum absolute atomic E-state index is 10.6. The van der Waals surface area contributed by atoms with Gasteiger partial charge in [0, 0.05) is 25.1 Å². The molecule has 2 nitrogen and oxygen atoms in total. The summed E-state index contributed by atoms with van der Waals surface area (Å²) < 4.78 is 0. The molecule has 1 rings (SSSR count). The molecule has 58 valence electrons. The molecular formula is C8H9NOS. The zero-order chi connectivity index (χ0) is 8.10. The predicted molar refractivity (Wildman–Crippen MR) is 46.2 cm³/mol. The highest BCUT2D eigenvalue weighted by molar-refractivity contribution is 8.12. The molecular weight excluding hydrogens is 158 g/mol. The average molecular weight is 167 g/mol. The number of hydrogen-bond acceptors (Lipinski definition) is 3. The van der Waals surface area contributed by atoms with Crippen LogP contribution < -0.4 is 0 Å². The summed E-state index contributed by atoms with van der Waals surface area (Å²) in [5.74, 6) is 0.725. The van der Waals surface area contributed by atoms with Crippen molar-refractivity contribution in [3.63, 3.8) is 0 Å². The van der Waals surface area contributed by atoms with Crippen LogP contribution in [0.4, 0.5) is 0 Å². The number of aromatic nitrogens is 1. The molecule has 1 aromatic heterocycles. The molecule has 0 bridgehead atoms. The summed E-state index contributed by atoms with van der Waals surface area (Å²) in [5, 5.41) is 0.147. The second kappa shape index (κ2) is 4.13. The Balaban J connectivity index is 2.45. The Morgan fingerprint density at radius 3 is 3.09 bits per heavy atom. The first kappa shape index (κ1) is 8.27. The average Bonchev–Trinajstić information content (AvgIpc) is 2.03. The van der Waals surface area contributed by atoms with E-state index in [9.17, 15) is 4.79 Å². The van der Waals surface area contributed by atoms with Crippen LogP contribution in [0.5, 0.6) is 0 Å². The number of nitrogens with zero attached hydrogens (tertiary/aromatic N) is 1. The van der Waals surface area contributed by atoms with Gasteiger partial charge in [-0.25, -0.2) is 0 Å². The van der Waals surface area contributed by atoms with E-state index in [4.69, 9.17) is 0 Å². The number of thioether (sulfide) groups is 1. The van der Waals surface area contributed by atoms with E-state index in [-0.39, 0.29) is 5.12 Å². The van der Waals surface area contributed by atoms with E-state index in [1.165, 1.54) is 11.8 Å². The first-order valence-corrected chi connectivity index (χ1v) is 4.30. The zero-order valence-electron chi connectivity index (χ0n) is 6.28. The van der Waals surface area contributed by atoms with Crippen LogP contribution >= 0.6 is 11.8 Å². The van der Waals surface area contributed by atoms with Crippen LogP contribution in [0.25, 0.3) is 0 Å². The normalized spacial score (nSPS) is 9.55. The predicted octanol–water partition coefficient (Wildman–Crippen LogP) is 1.86. The molecule has 0 N–H and O–H groups in total. The van der Waals surface area contributed by atoms with E-state index in [1.807, 2.05) is 12.1 Å². The molecule has 0 amide bonds. The zero-order valence-corrected chi connectivity index (χ0v) is 7.10. The number of rotatable bonds is 2. The smallest absolute Gasteiger partial charge is 0.186 e. The topological polar surface area (TPSA) is 30.0 Å². The van der Waals surface area contributed by atoms with Gasteiger partial charge in [-0.2, -0.15) is 0 Å². The minimum Gasteiger partial charge on any atom is -0.288 e. The number of carbonyl (C=O) groups is 1. The van der Waals surface area contributed by atoms with Crippen molar-refractivity contribution in [1.29, 1.82) is 0 Å². The van der Waals surface area contributed by atoms with Gasteiger partial charge >= 0.3 is 0 Å². The van der Waals surface area contributed by atoms with Gasteiger partial charge < -0.3 is 0 Å². The molecule has 0 spiro atoms. The standard InChI is InChI=1S/C8H9NOS/c1-7(10)11-6-8-3-2-4-9-5-8/h2-5H,6H2,1H3. The molecule has 1 aromatic rings. The van der Waals surface area contributed by atoms with Crippen LogP contribution in [0.15, 0.2) is 24.5 Å². The lowest BCUT2D eigenvalue weighted by Gasteiger charge is -1.95. The van der Waals surface area contributed by atoms with Crippen molar-refractivity contribution in [2.24, 2.45) is 0 Å². The molecule has 0 unspecified atom stereocenters. The highest BCUT2D eigenvalue weighted by atomic mass is 32.2. The number of hydrogen-bond donors (Lipinski definition) is 0. The molecule has 0 aromatic carbocycles. The molecule has 0 fully saturated rings. The highest BCUT2D eigenvalue weighted by Crippen LogP contribution is 2.10. The third-order valence-corrected chi connectivity index (χ3v) is 2.05. The Kier molecular flexibility index (Phi) is 3.11. The van der Waals surface area contributed by atoms with Crippen molar-refractivity contribution >= 4 is 16.9 Å². The number of carbonyl (C=O) groups excluding carboxylic acids is 1. The van der Waals surface area contributed by atoms with Crippen LogP contribution in [0.1, 0.15) is 12.5 Å². The van der Waals surface area contributed by atoms with Gasteiger partial charge in [-0.3, -0.25) is 9.78 Å². The lowest BCUT2D eigenvalue weighted by molar-refractivity contribution is -0.109. The van der Waals surface area contributed by atoms with Crippen LogP contribution in [-0.4, -0.2) is 10.1 Å². The van der Waals surface area contributed by atoms with Gasteiger partial charge in [0.2, 0.25) is 0 Å². The molecule has 0 saturated carbocycles. The summed E-state index contributed by atoms with van der Waals surface area (Å²) in [7, 11) is 0. The molecule has 0 aliphatic carbocycles. The van der Waals surface area contributed by atoms with Gasteiger partial charge in [-0.05, 0) is 11.6 Å². The fraction of sp³-hybridized carbons (Fsp3) is 0.250. The van der Waals surface area contributed by atoms with Crippen molar-refractivity contribution in [2.75, 3.05) is 0 Å². The SMILES string of the molecule is CC(=O)SCc1cccnc1. The largest absolute Gasteiger partial charge is 0.288 e. The van der Waals surface area contributed by atoms with E-state index in [0.29, 0.717) is 0 Å². The summed E-state index contributed by atoms with van der Waals surface area (Å²) in [5.41, 5.74) is 1.09. The van der Waals surface area contributed by atoms with Gasteiger partial charge in [0.15, 0.2) is 5.12 Å². The fourth-order valence-electron chi connectivity index (χ4n) is 0.668. The Bertz CT molecular complexity index is 235. The van der Waals surface area contributed by atoms with E-state index >= 15 is 0 Å². The van der Waals surface area contributed by atoms with Crippen LogP contribution in [0.2, 0.25) is 0 Å². The molecule has 0 atom stereocenters. The van der Waals surface area contributed by atoms with Crippen molar-refractivity contribution in [3.05, 3.63) is 30.1 Å².